The van der Waals surface area contributed by atoms with Gasteiger partial charge in [-0.25, -0.2) is 4.39 Å². The van der Waals surface area contributed by atoms with Gasteiger partial charge in [0.1, 0.15) is 5.82 Å². The fourth-order valence-electron chi connectivity index (χ4n) is 1.95. The van der Waals surface area contributed by atoms with Gasteiger partial charge in [-0.3, -0.25) is 4.79 Å². The smallest absolute Gasteiger partial charge is 0.311 e. The molecule has 0 saturated heterocycles. The van der Waals surface area contributed by atoms with Crippen LogP contribution in [-0.2, 0) is 11.2 Å². The summed E-state index contributed by atoms with van der Waals surface area (Å²) in [5, 5.41) is 9.89. The number of benzene rings is 2. The van der Waals surface area contributed by atoms with Crippen molar-refractivity contribution in [2.75, 3.05) is 0 Å². The molecule has 0 aliphatic carbocycles. The van der Waals surface area contributed by atoms with Gasteiger partial charge in [0, 0.05) is 5.02 Å². The minimum absolute atomic E-state index is 0.0205. The maximum atomic E-state index is 13.4. The lowest BCUT2D eigenvalue weighted by Gasteiger charge is -2.13. The van der Waals surface area contributed by atoms with Crippen LogP contribution in [0.5, 0.6) is 0 Å². The minimum Gasteiger partial charge on any atom is -0.481 e. The molecule has 2 aromatic rings. The van der Waals surface area contributed by atoms with E-state index in [9.17, 15) is 14.3 Å². The SMILES string of the molecule is O=C(O)C(Cc1ccc(Cl)c(F)c1)c1ccc(Cl)cc1. The molecule has 0 spiro atoms. The molecule has 0 bridgehead atoms. The fourth-order valence-corrected chi connectivity index (χ4v) is 2.19. The summed E-state index contributed by atoms with van der Waals surface area (Å²) in [5.74, 6) is -2.28. The normalized spacial score (nSPS) is 12.2. The molecule has 0 heterocycles. The summed E-state index contributed by atoms with van der Waals surface area (Å²) in [7, 11) is 0. The first-order valence-electron chi connectivity index (χ1n) is 5.89. The van der Waals surface area contributed by atoms with Gasteiger partial charge >= 0.3 is 5.97 Å². The van der Waals surface area contributed by atoms with E-state index in [4.69, 9.17) is 23.2 Å². The van der Waals surface area contributed by atoms with E-state index in [2.05, 4.69) is 0 Å². The number of hydrogen-bond acceptors (Lipinski definition) is 1. The lowest BCUT2D eigenvalue weighted by atomic mass is 9.92. The molecule has 5 heteroatoms. The summed E-state index contributed by atoms with van der Waals surface area (Å²) in [6.45, 7) is 0. The Morgan fingerprint density at radius 2 is 1.80 bits per heavy atom. The molecule has 2 nitrogen and oxygen atoms in total. The highest BCUT2D eigenvalue weighted by Crippen LogP contribution is 2.25. The third kappa shape index (κ3) is 3.50. The van der Waals surface area contributed by atoms with E-state index in [1.807, 2.05) is 0 Å². The maximum Gasteiger partial charge on any atom is 0.311 e. The van der Waals surface area contributed by atoms with E-state index in [1.54, 1.807) is 30.3 Å². The van der Waals surface area contributed by atoms with Crippen molar-refractivity contribution in [1.29, 1.82) is 0 Å². The first kappa shape index (κ1) is 14.8. The number of hydrogen-bond donors (Lipinski definition) is 1. The Morgan fingerprint density at radius 1 is 1.15 bits per heavy atom. The van der Waals surface area contributed by atoms with Crippen molar-refractivity contribution >= 4 is 29.2 Å². The summed E-state index contributed by atoms with van der Waals surface area (Å²) >= 11 is 11.4. The second-order valence-corrected chi connectivity index (χ2v) is 5.24. The maximum absolute atomic E-state index is 13.4. The van der Waals surface area contributed by atoms with Crippen LogP contribution in [0.3, 0.4) is 0 Å². The highest BCUT2D eigenvalue weighted by atomic mass is 35.5. The van der Waals surface area contributed by atoms with Gasteiger partial charge in [-0.2, -0.15) is 0 Å². The lowest BCUT2D eigenvalue weighted by Crippen LogP contribution is -2.14. The van der Waals surface area contributed by atoms with Crippen molar-refractivity contribution in [2.45, 2.75) is 12.3 Å². The molecule has 1 atom stereocenters. The van der Waals surface area contributed by atoms with Crippen LogP contribution in [-0.4, -0.2) is 11.1 Å². The lowest BCUT2D eigenvalue weighted by molar-refractivity contribution is -0.138. The molecule has 0 aliphatic heterocycles. The molecule has 104 valence electrons. The molecule has 0 amide bonds. The summed E-state index contributed by atoms with van der Waals surface area (Å²) in [4.78, 5) is 11.4. The van der Waals surface area contributed by atoms with Crippen molar-refractivity contribution in [2.24, 2.45) is 0 Å². The second-order valence-electron chi connectivity index (χ2n) is 4.39. The largest absolute Gasteiger partial charge is 0.481 e. The van der Waals surface area contributed by atoms with Gasteiger partial charge in [0.15, 0.2) is 0 Å². The van der Waals surface area contributed by atoms with Crippen LogP contribution in [0, 0.1) is 5.82 Å². The van der Waals surface area contributed by atoms with Gasteiger partial charge in [-0.05, 0) is 41.8 Å². The fraction of sp³-hybridized carbons (Fsp3) is 0.133. The average Bonchev–Trinajstić information content (AvgIpc) is 2.41. The third-order valence-corrected chi connectivity index (χ3v) is 3.55. The number of aliphatic carboxylic acids is 1. The van der Waals surface area contributed by atoms with Crippen LogP contribution in [0.4, 0.5) is 4.39 Å². The van der Waals surface area contributed by atoms with Crippen molar-refractivity contribution in [3.05, 3.63) is 69.5 Å². The first-order chi connectivity index (χ1) is 9.47. The highest BCUT2D eigenvalue weighted by Gasteiger charge is 2.20. The molecule has 1 unspecified atom stereocenters. The monoisotopic (exact) mass is 312 g/mol. The summed E-state index contributed by atoms with van der Waals surface area (Å²) in [5.41, 5.74) is 1.20. The molecule has 0 radical (unpaired) electrons. The average molecular weight is 313 g/mol. The van der Waals surface area contributed by atoms with E-state index in [0.717, 1.165) is 0 Å². The van der Waals surface area contributed by atoms with Crippen LogP contribution in [0.25, 0.3) is 0 Å². The number of halogens is 3. The van der Waals surface area contributed by atoms with E-state index >= 15 is 0 Å². The Bertz CT molecular complexity index is 626. The van der Waals surface area contributed by atoms with Gasteiger partial charge in [0.05, 0.1) is 10.9 Å². The van der Waals surface area contributed by atoms with E-state index in [1.165, 1.54) is 12.1 Å². The highest BCUT2D eigenvalue weighted by molar-refractivity contribution is 6.30. The molecule has 0 fully saturated rings. The quantitative estimate of drug-likeness (QED) is 0.899. The predicted molar refractivity (Wildman–Crippen MR) is 76.9 cm³/mol. The third-order valence-electron chi connectivity index (χ3n) is 2.99. The van der Waals surface area contributed by atoms with Crippen LogP contribution in [0.1, 0.15) is 17.0 Å². The Morgan fingerprint density at radius 3 is 2.35 bits per heavy atom. The van der Waals surface area contributed by atoms with Gasteiger partial charge in [0.2, 0.25) is 0 Å². The standard InChI is InChI=1S/C15H11Cl2FO2/c16-11-4-2-10(3-5-11)12(15(19)20)7-9-1-6-13(17)14(18)8-9/h1-6,8,12H,7H2,(H,19,20). The zero-order chi connectivity index (χ0) is 14.7. The minimum atomic E-state index is -0.970. The Kier molecular flexibility index (Phi) is 4.63. The van der Waals surface area contributed by atoms with Crippen molar-refractivity contribution in [1.82, 2.24) is 0 Å². The molecule has 1 N–H and O–H groups in total. The molecule has 0 aromatic heterocycles. The van der Waals surface area contributed by atoms with Crippen LogP contribution < -0.4 is 0 Å². The van der Waals surface area contributed by atoms with Crippen molar-refractivity contribution in [3.63, 3.8) is 0 Å². The Hall–Kier alpha value is -1.58. The number of carboxylic acids is 1. The molecule has 2 aromatic carbocycles. The van der Waals surface area contributed by atoms with E-state index in [-0.39, 0.29) is 11.4 Å². The van der Waals surface area contributed by atoms with E-state index < -0.39 is 17.7 Å². The van der Waals surface area contributed by atoms with Gasteiger partial charge in [0.25, 0.3) is 0 Å². The van der Waals surface area contributed by atoms with Crippen LogP contribution in [0.15, 0.2) is 42.5 Å². The zero-order valence-electron chi connectivity index (χ0n) is 10.3. The summed E-state index contributed by atoms with van der Waals surface area (Å²) < 4.78 is 13.4. The molecular weight excluding hydrogens is 302 g/mol. The molecule has 0 saturated carbocycles. The van der Waals surface area contributed by atoms with E-state index in [0.29, 0.717) is 16.1 Å². The van der Waals surface area contributed by atoms with Crippen molar-refractivity contribution in [3.8, 4) is 0 Å². The molecule has 2 rings (SSSR count). The molecular formula is C15H11Cl2FO2. The number of rotatable bonds is 4. The topological polar surface area (TPSA) is 37.3 Å². The number of carboxylic acid groups (broad SMARTS) is 1. The van der Waals surface area contributed by atoms with Gasteiger partial charge < -0.3 is 5.11 Å². The van der Waals surface area contributed by atoms with Crippen LogP contribution in [0.2, 0.25) is 10.0 Å². The molecule has 0 aliphatic rings. The first-order valence-corrected chi connectivity index (χ1v) is 6.65. The number of carbonyl (C=O) groups is 1. The molecule has 20 heavy (non-hydrogen) atoms. The van der Waals surface area contributed by atoms with Gasteiger partial charge in [-0.15, -0.1) is 0 Å². The van der Waals surface area contributed by atoms with Crippen LogP contribution >= 0.6 is 23.2 Å². The predicted octanol–water partition coefficient (Wildman–Crippen LogP) is 4.54. The summed E-state index contributed by atoms with van der Waals surface area (Å²) in [6.07, 6.45) is 0.186. The Labute approximate surface area is 125 Å². The Balaban J connectivity index is 2.27. The van der Waals surface area contributed by atoms with Gasteiger partial charge in [-0.1, -0.05) is 41.4 Å². The second kappa shape index (κ2) is 6.25. The zero-order valence-corrected chi connectivity index (χ0v) is 11.8. The van der Waals surface area contributed by atoms with Crippen molar-refractivity contribution < 1.29 is 14.3 Å². The summed E-state index contributed by atoms with van der Waals surface area (Å²) in [6, 6.07) is 10.9.